The van der Waals surface area contributed by atoms with Gasteiger partial charge in [0, 0.05) is 36.0 Å². The van der Waals surface area contributed by atoms with Crippen LogP contribution in [0.5, 0.6) is 0 Å². The number of pyridine rings is 1. The van der Waals surface area contributed by atoms with Gasteiger partial charge in [-0.15, -0.1) is 0 Å². The van der Waals surface area contributed by atoms with Crippen LogP contribution < -0.4 is 10.7 Å². The van der Waals surface area contributed by atoms with E-state index in [0.717, 1.165) is 11.1 Å². The number of benzene rings is 2. The molecule has 0 aliphatic carbocycles. The monoisotopic (exact) mass is 358 g/mol. The Morgan fingerprint density at radius 1 is 1.04 bits per heavy atom. The van der Waals surface area contributed by atoms with Gasteiger partial charge in [0.25, 0.3) is 5.91 Å². The van der Waals surface area contributed by atoms with Crippen LogP contribution in [0.3, 0.4) is 0 Å². The number of amides is 1. The van der Waals surface area contributed by atoms with Crippen LogP contribution in [0.2, 0.25) is 0 Å². The number of aromatic amines is 1. The van der Waals surface area contributed by atoms with E-state index < -0.39 is 5.91 Å². The van der Waals surface area contributed by atoms with Gasteiger partial charge in [0.1, 0.15) is 5.56 Å². The normalized spacial score (nSPS) is 10.8. The van der Waals surface area contributed by atoms with E-state index in [0.29, 0.717) is 24.0 Å². The highest BCUT2D eigenvalue weighted by molar-refractivity contribution is 5.97. The minimum Gasteiger partial charge on any atom is -0.360 e. The molecule has 0 unspecified atom stereocenters. The molecular weight excluding hydrogens is 340 g/mol. The molecule has 0 bridgehead atoms. The lowest BCUT2D eigenvalue weighted by molar-refractivity contribution is 0.0949. The van der Waals surface area contributed by atoms with Gasteiger partial charge in [0.15, 0.2) is 0 Å². The molecule has 6 heteroatoms. The Morgan fingerprint density at radius 2 is 1.81 bits per heavy atom. The van der Waals surface area contributed by atoms with E-state index in [4.69, 9.17) is 0 Å². The lowest BCUT2D eigenvalue weighted by Crippen LogP contribution is -2.29. The molecule has 2 heterocycles. The van der Waals surface area contributed by atoms with Crippen molar-refractivity contribution in [2.45, 2.75) is 13.1 Å². The molecule has 0 fully saturated rings. The van der Waals surface area contributed by atoms with Crippen molar-refractivity contribution in [3.63, 3.8) is 0 Å². The number of carbonyl (C=O) groups is 1. The number of hydrogen-bond donors (Lipinski definition) is 2. The van der Waals surface area contributed by atoms with Gasteiger partial charge in [-0.05, 0) is 29.3 Å². The Hall–Kier alpha value is -3.67. The van der Waals surface area contributed by atoms with E-state index in [1.54, 1.807) is 18.3 Å². The third-order valence-electron chi connectivity index (χ3n) is 4.48. The summed E-state index contributed by atoms with van der Waals surface area (Å²) in [7, 11) is 0. The summed E-state index contributed by atoms with van der Waals surface area (Å²) < 4.78 is 1.83. The minimum absolute atomic E-state index is 0.109. The van der Waals surface area contributed by atoms with E-state index in [-0.39, 0.29) is 11.0 Å². The van der Waals surface area contributed by atoms with E-state index in [9.17, 15) is 9.59 Å². The summed E-state index contributed by atoms with van der Waals surface area (Å²) in [5, 5.41) is 7.58. The van der Waals surface area contributed by atoms with E-state index in [1.807, 2.05) is 53.3 Å². The molecule has 0 spiro atoms. The molecule has 0 aliphatic rings. The first kappa shape index (κ1) is 16.8. The van der Waals surface area contributed by atoms with Crippen molar-refractivity contribution in [2.24, 2.45) is 0 Å². The van der Waals surface area contributed by atoms with Gasteiger partial charge in [0.2, 0.25) is 5.43 Å². The van der Waals surface area contributed by atoms with Crippen LogP contribution in [0, 0.1) is 0 Å². The molecule has 2 aromatic carbocycles. The number of carbonyl (C=O) groups excluding carboxylic acids is 1. The van der Waals surface area contributed by atoms with Gasteiger partial charge >= 0.3 is 0 Å². The first-order valence-electron chi connectivity index (χ1n) is 8.65. The van der Waals surface area contributed by atoms with Gasteiger partial charge in [-0.25, -0.2) is 0 Å². The molecule has 6 nitrogen and oxygen atoms in total. The summed E-state index contributed by atoms with van der Waals surface area (Å²) in [6, 6.07) is 16.9. The van der Waals surface area contributed by atoms with Crippen molar-refractivity contribution >= 4 is 16.8 Å². The maximum absolute atomic E-state index is 12.6. The average Bonchev–Trinajstić information content (AvgIpc) is 3.21. The zero-order valence-electron chi connectivity index (χ0n) is 14.6. The zero-order chi connectivity index (χ0) is 18.6. The highest BCUT2D eigenvalue weighted by Gasteiger charge is 2.13. The minimum atomic E-state index is -0.393. The van der Waals surface area contributed by atoms with Crippen LogP contribution in [0.15, 0.2) is 78.0 Å². The summed E-state index contributed by atoms with van der Waals surface area (Å²) >= 11 is 0. The van der Waals surface area contributed by atoms with E-state index >= 15 is 0 Å². The third kappa shape index (κ3) is 3.50. The SMILES string of the molecule is O=C(NCc1ccccc1Cn1cccn1)c1c[nH]c2ccccc2c1=O. The zero-order valence-corrected chi connectivity index (χ0v) is 14.6. The predicted octanol–water partition coefficient (Wildman–Crippen LogP) is 2.70. The molecule has 4 rings (SSSR count). The number of aromatic nitrogens is 3. The van der Waals surface area contributed by atoms with Gasteiger partial charge in [0.05, 0.1) is 6.54 Å². The molecule has 0 saturated heterocycles. The summed E-state index contributed by atoms with van der Waals surface area (Å²) in [5.74, 6) is -0.393. The van der Waals surface area contributed by atoms with Crippen molar-refractivity contribution in [3.05, 3.63) is 100 Å². The summed E-state index contributed by atoms with van der Waals surface area (Å²) in [6.45, 7) is 0.956. The molecule has 4 aromatic rings. The number of para-hydroxylation sites is 1. The lowest BCUT2D eigenvalue weighted by atomic mass is 10.1. The molecular formula is C21H18N4O2. The Balaban J connectivity index is 1.53. The lowest BCUT2D eigenvalue weighted by Gasteiger charge is -2.11. The Labute approximate surface area is 155 Å². The second-order valence-electron chi connectivity index (χ2n) is 6.23. The van der Waals surface area contributed by atoms with Crippen molar-refractivity contribution in [1.29, 1.82) is 0 Å². The van der Waals surface area contributed by atoms with Crippen LogP contribution in [-0.4, -0.2) is 20.7 Å². The average molecular weight is 358 g/mol. The molecule has 27 heavy (non-hydrogen) atoms. The highest BCUT2D eigenvalue weighted by atomic mass is 16.2. The molecule has 1 amide bonds. The summed E-state index contributed by atoms with van der Waals surface area (Å²) in [4.78, 5) is 28.1. The Kier molecular flexibility index (Phi) is 4.53. The molecule has 134 valence electrons. The van der Waals surface area contributed by atoms with Crippen molar-refractivity contribution < 1.29 is 4.79 Å². The Morgan fingerprint density at radius 3 is 2.63 bits per heavy atom. The number of rotatable bonds is 5. The molecule has 0 aliphatic heterocycles. The van der Waals surface area contributed by atoms with Gasteiger partial charge in [-0.3, -0.25) is 14.3 Å². The number of hydrogen-bond acceptors (Lipinski definition) is 3. The number of nitrogens with zero attached hydrogens (tertiary/aromatic N) is 2. The highest BCUT2D eigenvalue weighted by Crippen LogP contribution is 2.11. The molecule has 0 radical (unpaired) electrons. The van der Waals surface area contributed by atoms with E-state index in [2.05, 4.69) is 15.4 Å². The molecule has 0 saturated carbocycles. The fourth-order valence-electron chi connectivity index (χ4n) is 3.06. The predicted molar refractivity (Wildman–Crippen MR) is 104 cm³/mol. The molecule has 2 aromatic heterocycles. The first-order chi connectivity index (χ1) is 13.2. The number of nitrogens with one attached hydrogen (secondary N) is 2. The number of H-pyrrole nitrogens is 1. The molecule has 2 N–H and O–H groups in total. The van der Waals surface area contributed by atoms with Crippen LogP contribution in [-0.2, 0) is 13.1 Å². The van der Waals surface area contributed by atoms with Crippen molar-refractivity contribution in [1.82, 2.24) is 20.1 Å². The van der Waals surface area contributed by atoms with Crippen molar-refractivity contribution in [2.75, 3.05) is 0 Å². The second kappa shape index (κ2) is 7.29. The first-order valence-corrected chi connectivity index (χ1v) is 8.65. The second-order valence-corrected chi connectivity index (χ2v) is 6.23. The summed E-state index contributed by atoms with van der Waals surface area (Å²) in [5.41, 5.74) is 2.60. The largest absolute Gasteiger partial charge is 0.360 e. The maximum Gasteiger partial charge on any atom is 0.257 e. The third-order valence-corrected chi connectivity index (χ3v) is 4.48. The van der Waals surface area contributed by atoms with Gasteiger partial charge in [-0.2, -0.15) is 5.10 Å². The van der Waals surface area contributed by atoms with Crippen LogP contribution in [0.25, 0.3) is 10.9 Å². The number of fused-ring (bicyclic) bond motifs is 1. The molecule has 0 atom stereocenters. The standard InChI is InChI=1S/C21H18N4O2/c26-20-17-8-3-4-9-19(17)22-13-18(20)21(27)23-12-15-6-1-2-7-16(15)14-25-11-5-10-24-25/h1-11,13H,12,14H2,(H,22,26)(H,23,27). The fourth-order valence-corrected chi connectivity index (χ4v) is 3.06. The topological polar surface area (TPSA) is 79.8 Å². The van der Waals surface area contributed by atoms with E-state index in [1.165, 1.54) is 6.20 Å². The van der Waals surface area contributed by atoms with Crippen molar-refractivity contribution in [3.8, 4) is 0 Å². The van der Waals surface area contributed by atoms with Crippen LogP contribution >= 0.6 is 0 Å². The van der Waals surface area contributed by atoms with Gasteiger partial charge < -0.3 is 10.3 Å². The fraction of sp³-hybridized carbons (Fsp3) is 0.0952. The maximum atomic E-state index is 12.6. The summed E-state index contributed by atoms with van der Waals surface area (Å²) in [6.07, 6.45) is 5.09. The Bertz CT molecular complexity index is 1150. The van der Waals surface area contributed by atoms with Crippen LogP contribution in [0.1, 0.15) is 21.5 Å². The van der Waals surface area contributed by atoms with Gasteiger partial charge in [-0.1, -0.05) is 36.4 Å². The van der Waals surface area contributed by atoms with Crippen LogP contribution in [0.4, 0.5) is 0 Å². The smallest absolute Gasteiger partial charge is 0.257 e. The quantitative estimate of drug-likeness (QED) is 0.576.